The van der Waals surface area contributed by atoms with Gasteiger partial charge in [-0.05, 0) is 31.5 Å². The van der Waals surface area contributed by atoms with Gasteiger partial charge in [-0.15, -0.1) is 0 Å². The normalized spacial score (nSPS) is 20.5. The number of nitrogens with zero attached hydrogens (tertiary/aromatic N) is 3. The van der Waals surface area contributed by atoms with Gasteiger partial charge >= 0.3 is 0 Å². The summed E-state index contributed by atoms with van der Waals surface area (Å²) in [5.74, 6) is 2.11. The van der Waals surface area contributed by atoms with Gasteiger partial charge in [0.15, 0.2) is 11.5 Å². The van der Waals surface area contributed by atoms with Gasteiger partial charge in [0.1, 0.15) is 12.1 Å². The van der Waals surface area contributed by atoms with Gasteiger partial charge in [-0.2, -0.15) is 0 Å². The number of morpholine rings is 1. The Hall–Kier alpha value is -2.94. The van der Waals surface area contributed by atoms with Crippen LogP contribution in [0, 0.1) is 6.92 Å². The van der Waals surface area contributed by atoms with Crippen molar-refractivity contribution in [2.24, 2.45) is 0 Å². The van der Waals surface area contributed by atoms with Crippen LogP contribution >= 0.6 is 0 Å². The maximum atomic E-state index is 6.15. The fourth-order valence-electron chi connectivity index (χ4n) is 4.53. The number of fused-ring (bicyclic) bond motifs is 2. The molecule has 2 atom stereocenters. The van der Waals surface area contributed by atoms with Gasteiger partial charge in [0.05, 0.1) is 31.9 Å². The molecule has 0 aliphatic carbocycles. The number of hydrogen-bond acceptors (Lipinski definition) is 8. The molecule has 2 saturated heterocycles. The number of rotatable bonds is 8. The summed E-state index contributed by atoms with van der Waals surface area (Å²) in [5.41, 5.74) is 2.99. The lowest BCUT2D eigenvalue weighted by atomic mass is 10.2. The minimum atomic E-state index is 0.319. The fraction of sp³-hybridized carbons (Fsp3) is 0.440. The minimum Gasteiger partial charge on any atom is -0.493 e. The van der Waals surface area contributed by atoms with Crippen LogP contribution in [0.4, 0.5) is 11.5 Å². The molecule has 174 valence electrons. The molecule has 2 N–H and O–H groups in total. The van der Waals surface area contributed by atoms with E-state index in [9.17, 15) is 0 Å². The molecular weight excluding hydrogens is 418 g/mol. The Morgan fingerprint density at radius 2 is 2.03 bits per heavy atom. The third-order valence-corrected chi connectivity index (χ3v) is 6.29. The van der Waals surface area contributed by atoms with Crippen LogP contribution in [0.15, 0.2) is 42.7 Å². The number of anilines is 2. The molecule has 0 radical (unpaired) electrons. The molecule has 8 nitrogen and oxygen atoms in total. The van der Waals surface area contributed by atoms with Crippen molar-refractivity contribution >= 4 is 22.4 Å². The lowest BCUT2D eigenvalue weighted by Crippen LogP contribution is -2.47. The van der Waals surface area contributed by atoms with Gasteiger partial charge < -0.3 is 24.8 Å². The molecule has 2 aromatic carbocycles. The van der Waals surface area contributed by atoms with Crippen molar-refractivity contribution in [3.05, 3.63) is 48.3 Å². The highest BCUT2D eigenvalue weighted by atomic mass is 16.5. The average Bonchev–Trinajstić information content (AvgIpc) is 3.26. The number of likely N-dealkylation sites (tertiary alicyclic amines) is 1. The molecule has 0 amide bonds. The molecule has 2 fully saturated rings. The third-order valence-electron chi connectivity index (χ3n) is 6.29. The van der Waals surface area contributed by atoms with E-state index in [-0.39, 0.29) is 0 Å². The second-order valence-electron chi connectivity index (χ2n) is 8.66. The van der Waals surface area contributed by atoms with Crippen molar-refractivity contribution in [3.8, 4) is 11.5 Å². The molecule has 5 rings (SSSR count). The molecule has 0 spiro atoms. The van der Waals surface area contributed by atoms with Crippen molar-refractivity contribution in [3.63, 3.8) is 0 Å². The topological polar surface area (TPSA) is 80.8 Å². The molecule has 2 unspecified atom stereocenters. The SMILES string of the molecule is COc1cc2ncnc(Nc3ccc(C)cc3)c2cc1OCCCN1CC2NCCOC2C1. The first-order chi connectivity index (χ1) is 16.2. The van der Waals surface area contributed by atoms with E-state index < -0.39 is 0 Å². The van der Waals surface area contributed by atoms with Gasteiger partial charge in [0.25, 0.3) is 0 Å². The summed E-state index contributed by atoms with van der Waals surface area (Å²) >= 11 is 0. The summed E-state index contributed by atoms with van der Waals surface area (Å²) in [6.45, 7) is 7.45. The van der Waals surface area contributed by atoms with Crippen LogP contribution in [0.1, 0.15) is 12.0 Å². The second-order valence-corrected chi connectivity index (χ2v) is 8.66. The van der Waals surface area contributed by atoms with E-state index in [2.05, 4.69) is 44.6 Å². The highest BCUT2D eigenvalue weighted by molar-refractivity contribution is 5.93. The standard InChI is InChI=1S/C25H31N5O3/c1-17-4-6-18(7-5-17)29-25-19-12-23(22(31-2)13-20(19)27-16-28-25)32-10-3-9-30-14-21-24(15-30)33-11-8-26-21/h4-7,12-13,16,21,24,26H,3,8-11,14-15H2,1-2H3,(H,27,28,29). The zero-order valence-electron chi connectivity index (χ0n) is 19.2. The monoisotopic (exact) mass is 449 g/mol. The summed E-state index contributed by atoms with van der Waals surface area (Å²) in [7, 11) is 1.65. The van der Waals surface area contributed by atoms with E-state index in [1.165, 1.54) is 5.56 Å². The van der Waals surface area contributed by atoms with Crippen LogP contribution in [0.3, 0.4) is 0 Å². The molecule has 3 heterocycles. The van der Waals surface area contributed by atoms with Gasteiger partial charge in [-0.1, -0.05) is 17.7 Å². The summed E-state index contributed by atoms with van der Waals surface area (Å²) in [4.78, 5) is 11.3. The zero-order valence-corrected chi connectivity index (χ0v) is 19.2. The smallest absolute Gasteiger partial charge is 0.162 e. The predicted molar refractivity (Wildman–Crippen MR) is 129 cm³/mol. The first kappa shape index (κ1) is 21.9. The van der Waals surface area contributed by atoms with Crippen LogP contribution < -0.4 is 20.1 Å². The molecule has 0 bridgehead atoms. The van der Waals surface area contributed by atoms with Gasteiger partial charge in [0.2, 0.25) is 0 Å². The summed E-state index contributed by atoms with van der Waals surface area (Å²) in [6.07, 6.45) is 2.81. The molecule has 8 heteroatoms. The van der Waals surface area contributed by atoms with Crippen LogP contribution in [-0.2, 0) is 4.74 Å². The lowest BCUT2D eigenvalue weighted by Gasteiger charge is -2.25. The van der Waals surface area contributed by atoms with Gasteiger partial charge in [-0.25, -0.2) is 9.97 Å². The minimum absolute atomic E-state index is 0.319. The Morgan fingerprint density at radius 3 is 2.85 bits per heavy atom. The molecule has 2 aliphatic rings. The molecular formula is C25H31N5O3. The predicted octanol–water partition coefficient (Wildman–Crippen LogP) is 3.13. The number of hydrogen-bond donors (Lipinski definition) is 2. The Balaban J connectivity index is 1.25. The Bertz CT molecular complexity index is 1080. The first-order valence-corrected chi connectivity index (χ1v) is 11.6. The largest absolute Gasteiger partial charge is 0.493 e. The maximum absolute atomic E-state index is 6.15. The molecule has 2 aliphatic heterocycles. The number of ether oxygens (including phenoxy) is 3. The summed E-state index contributed by atoms with van der Waals surface area (Å²) in [5, 5.41) is 7.84. The number of methoxy groups -OCH3 is 1. The third kappa shape index (κ3) is 5.03. The van der Waals surface area contributed by atoms with Crippen LogP contribution in [0.25, 0.3) is 10.9 Å². The zero-order chi connectivity index (χ0) is 22.6. The van der Waals surface area contributed by atoms with Crippen molar-refractivity contribution in [2.75, 3.05) is 51.8 Å². The lowest BCUT2D eigenvalue weighted by molar-refractivity contribution is 0.0176. The van der Waals surface area contributed by atoms with Gasteiger partial charge in [0, 0.05) is 49.4 Å². The quantitative estimate of drug-likeness (QED) is 0.508. The molecule has 33 heavy (non-hydrogen) atoms. The Kier molecular flexibility index (Phi) is 6.57. The van der Waals surface area contributed by atoms with E-state index in [0.29, 0.717) is 30.3 Å². The number of aryl methyl sites for hydroxylation is 1. The van der Waals surface area contributed by atoms with Crippen molar-refractivity contribution in [1.29, 1.82) is 0 Å². The maximum Gasteiger partial charge on any atom is 0.162 e. The summed E-state index contributed by atoms with van der Waals surface area (Å²) < 4.78 is 17.6. The van der Waals surface area contributed by atoms with Crippen molar-refractivity contribution < 1.29 is 14.2 Å². The van der Waals surface area contributed by atoms with E-state index in [0.717, 1.165) is 61.6 Å². The Morgan fingerprint density at radius 1 is 1.15 bits per heavy atom. The highest BCUT2D eigenvalue weighted by Gasteiger charge is 2.34. The second kappa shape index (κ2) is 9.91. The molecule has 3 aromatic rings. The average molecular weight is 450 g/mol. The van der Waals surface area contributed by atoms with Gasteiger partial charge in [-0.3, -0.25) is 4.90 Å². The van der Waals surface area contributed by atoms with Crippen LogP contribution in [0.5, 0.6) is 11.5 Å². The van der Waals surface area contributed by atoms with Crippen molar-refractivity contribution in [1.82, 2.24) is 20.2 Å². The van der Waals surface area contributed by atoms with Crippen LogP contribution in [0.2, 0.25) is 0 Å². The number of nitrogens with one attached hydrogen (secondary N) is 2. The van der Waals surface area contributed by atoms with E-state index in [1.54, 1.807) is 13.4 Å². The molecule has 1 aromatic heterocycles. The van der Waals surface area contributed by atoms with E-state index in [1.807, 2.05) is 24.3 Å². The molecule has 0 saturated carbocycles. The summed E-state index contributed by atoms with van der Waals surface area (Å²) in [6, 6.07) is 12.5. The van der Waals surface area contributed by atoms with Crippen LogP contribution in [-0.4, -0.2) is 73.5 Å². The van der Waals surface area contributed by atoms with E-state index in [4.69, 9.17) is 14.2 Å². The fourth-order valence-corrected chi connectivity index (χ4v) is 4.53. The van der Waals surface area contributed by atoms with E-state index >= 15 is 0 Å². The Labute approximate surface area is 194 Å². The highest BCUT2D eigenvalue weighted by Crippen LogP contribution is 2.35. The number of benzene rings is 2. The number of aromatic nitrogens is 2. The van der Waals surface area contributed by atoms with Crippen molar-refractivity contribution in [2.45, 2.75) is 25.5 Å². The first-order valence-electron chi connectivity index (χ1n) is 11.6.